The fraction of sp³-hybridized carbons (Fsp3) is 0.150. The van der Waals surface area contributed by atoms with E-state index >= 15 is 0 Å². The summed E-state index contributed by atoms with van der Waals surface area (Å²) in [5.74, 6) is 0.194. The number of amides is 1. The second-order valence-corrected chi connectivity index (χ2v) is 5.71. The number of rotatable bonds is 4. The van der Waals surface area contributed by atoms with Gasteiger partial charge in [-0.3, -0.25) is 4.79 Å². The number of carbonyl (C=O) groups is 1. The third kappa shape index (κ3) is 3.51. The van der Waals surface area contributed by atoms with Gasteiger partial charge in [-0.05, 0) is 31.0 Å². The molecule has 0 unspecified atom stereocenters. The zero-order valence-electron chi connectivity index (χ0n) is 13.0. The van der Waals surface area contributed by atoms with E-state index in [2.05, 4.69) is 29.6 Å². The Kier molecular flexibility index (Phi) is 4.29. The molecule has 0 saturated heterocycles. The number of fused-ring (bicyclic) bond motifs is 1. The number of phenols is 1. The Balaban J connectivity index is 1.71. The summed E-state index contributed by atoms with van der Waals surface area (Å²) >= 11 is 0. The predicted octanol–water partition coefficient (Wildman–Crippen LogP) is 4.43. The third-order valence-corrected chi connectivity index (χ3v) is 3.94. The van der Waals surface area contributed by atoms with Crippen LogP contribution < -0.4 is 5.32 Å². The molecular weight excluding hydrogens is 286 g/mol. The Labute approximate surface area is 135 Å². The van der Waals surface area contributed by atoms with E-state index in [9.17, 15) is 9.90 Å². The Morgan fingerprint density at radius 3 is 2.39 bits per heavy atom. The van der Waals surface area contributed by atoms with Crippen LogP contribution in [-0.2, 0) is 11.2 Å². The van der Waals surface area contributed by atoms with E-state index in [1.54, 1.807) is 12.1 Å². The molecule has 2 N–H and O–H groups in total. The molecular formula is C20H19NO2. The quantitative estimate of drug-likeness (QED) is 0.701. The molecule has 0 aliphatic heterocycles. The summed E-state index contributed by atoms with van der Waals surface area (Å²) in [7, 11) is 0. The number of anilines is 1. The average Bonchev–Trinajstić information content (AvgIpc) is 2.57. The molecule has 0 heterocycles. The van der Waals surface area contributed by atoms with Crippen LogP contribution in [0.5, 0.6) is 5.75 Å². The Hall–Kier alpha value is -2.81. The maximum absolute atomic E-state index is 12.2. The van der Waals surface area contributed by atoms with E-state index in [1.165, 1.54) is 5.56 Å². The molecule has 0 aliphatic carbocycles. The maximum Gasteiger partial charge on any atom is 0.224 e. The Morgan fingerprint density at radius 2 is 1.65 bits per heavy atom. The minimum absolute atomic E-state index is 0.0265. The number of aromatic hydroxyl groups is 1. The maximum atomic E-state index is 12.2. The highest BCUT2D eigenvalue weighted by molar-refractivity contribution is 6.04. The summed E-state index contributed by atoms with van der Waals surface area (Å²) in [6, 6.07) is 19.1. The van der Waals surface area contributed by atoms with Crippen LogP contribution >= 0.6 is 0 Å². The third-order valence-electron chi connectivity index (χ3n) is 3.94. The minimum atomic E-state index is -0.0265. The summed E-state index contributed by atoms with van der Waals surface area (Å²) in [6.07, 6.45) is 1.14. The summed E-state index contributed by atoms with van der Waals surface area (Å²) in [5, 5.41) is 14.4. The number of benzene rings is 3. The molecule has 3 nitrogen and oxygen atoms in total. The highest BCUT2D eigenvalue weighted by Crippen LogP contribution is 2.30. The van der Waals surface area contributed by atoms with Crippen molar-refractivity contribution in [3.63, 3.8) is 0 Å². The van der Waals surface area contributed by atoms with Crippen LogP contribution in [0.3, 0.4) is 0 Å². The fourth-order valence-electron chi connectivity index (χ4n) is 2.62. The SMILES string of the molecule is Cc1ccc(CCC(=O)Nc2ccc(O)c3ccccc23)cc1. The lowest BCUT2D eigenvalue weighted by molar-refractivity contribution is -0.116. The molecule has 0 fully saturated rings. The van der Waals surface area contributed by atoms with Crippen molar-refractivity contribution in [1.29, 1.82) is 0 Å². The molecule has 0 bridgehead atoms. The topological polar surface area (TPSA) is 49.3 Å². The van der Waals surface area contributed by atoms with Crippen molar-refractivity contribution in [2.75, 3.05) is 5.32 Å². The molecule has 3 aromatic carbocycles. The van der Waals surface area contributed by atoms with Gasteiger partial charge in [0.25, 0.3) is 0 Å². The smallest absolute Gasteiger partial charge is 0.224 e. The predicted molar refractivity (Wildman–Crippen MR) is 93.7 cm³/mol. The lowest BCUT2D eigenvalue weighted by Crippen LogP contribution is -2.12. The van der Waals surface area contributed by atoms with E-state index < -0.39 is 0 Å². The molecule has 3 heteroatoms. The highest BCUT2D eigenvalue weighted by atomic mass is 16.3. The van der Waals surface area contributed by atoms with Crippen LogP contribution in [0.25, 0.3) is 10.8 Å². The lowest BCUT2D eigenvalue weighted by Gasteiger charge is -2.10. The van der Waals surface area contributed by atoms with E-state index in [0.29, 0.717) is 12.8 Å². The molecule has 1 amide bonds. The largest absolute Gasteiger partial charge is 0.507 e. The second-order valence-electron chi connectivity index (χ2n) is 5.71. The Bertz CT molecular complexity index is 838. The molecule has 0 aromatic heterocycles. The molecule has 3 aromatic rings. The van der Waals surface area contributed by atoms with Crippen LogP contribution in [-0.4, -0.2) is 11.0 Å². The zero-order valence-corrected chi connectivity index (χ0v) is 13.0. The van der Waals surface area contributed by atoms with E-state index in [-0.39, 0.29) is 11.7 Å². The summed E-state index contributed by atoms with van der Waals surface area (Å²) in [5.41, 5.74) is 3.10. The van der Waals surface area contributed by atoms with E-state index in [4.69, 9.17) is 0 Å². The molecule has 0 radical (unpaired) electrons. The van der Waals surface area contributed by atoms with Gasteiger partial charge in [0.05, 0.1) is 0 Å². The van der Waals surface area contributed by atoms with Gasteiger partial charge < -0.3 is 10.4 Å². The van der Waals surface area contributed by atoms with Crippen LogP contribution in [0.15, 0.2) is 60.7 Å². The van der Waals surface area contributed by atoms with Gasteiger partial charge in [-0.1, -0.05) is 54.1 Å². The van der Waals surface area contributed by atoms with Crippen LogP contribution in [0.2, 0.25) is 0 Å². The van der Waals surface area contributed by atoms with Gasteiger partial charge in [-0.15, -0.1) is 0 Å². The number of carbonyl (C=O) groups excluding carboxylic acids is 1. The minimum Gasteiger partial charge on any atom is -0.507 e. The molecule has 23 heavy (non-hydrogen) atoms. The van der Waals surface area contributed by atoms with Gasteiger partial charge in [0.15, 0.2) is 0 Å². The Morgan fingerprint density at radius 1 is 0.957 bits per heavy atom. The summed E-state index contributed by atoms with van der Waals surface area (Å²) in [6.45, 7) is 2.05. The van der Waals surface area contributed by atoms with Crippen molar-refractivity contribution >= 4 is 22.4 Å². The van der Waals surface area contributed by atoms with Crippen molar-refractivity contribution in [3.8, 4) is 5.75 Å². The number of aryl methyl sites for hydroxylation is 2. The van der Waals surface area contributed by atoms with Crippen molar-refractivity contribution in [2.24, 2.45) is 0 Å². The first-order chi connectivity index (χ1) is 11.1. The normalized spacial score (nSPS) is 10.7. The number of hydrogen-bond acceptors (Lipinski definition) is 2. The van der Waals surface area contributed by atoms with Crippen molar-refractivity contribution < 1.29 is 9.90 Å². The fourth-order valence-corrected chi connectivity index (χ4v) is 2.62. The highest BCUT2D eigenvalue weighted by Gasteiger charge is 2.08. The standard InChI is InChI=1S/C20H19NO2/c1-14-6-8-15(9-7-14)10-13-20(23)21-18-11-12-19(22)17-5-3-2-4-16(17)18/h2-9,11-12,22H,10,13H2,1H3,(H,21,23). The molecule has 0 saturated carbocycles. The van der Waals surface area contributed by atoms with Crippen molar-refractivity contribution in [2.45, 2.75) is 19.8 Å². The van der Waals surface area contributed by atoms with Gasteiger partial charge >= 0.3 is 0 Å². The lowest BCUT2D eigenvalue weighted by atomic mass is 10.1. The van der Waals surface area contributed by atoms with Crippen molar-refractivity contribution in [3.05, 3.63) is 71.8 Å². The summed E-state index contributed by atoms with van der Waals surface area (Å²) in [4.78, 5) is 12.2. The number of hydrogen-bond donors (Lipinski definition) is 2. The molecule has 116 valence electrons. The van der Waals surface area contributed by atoms with E-state index in [1.807, 2.05) is 31.2 Å². The number of phenolic OH excluding ortho intramolecular Hbond substituents is 1. The molecule has 0 spiro atoms. The molecule has 3 rings (SSSR count). The first-order valence-corrected chi connectivity index (χ1v) is 7.69. The first-order valence-electron chi connectivity index (χ1n) is 7.69. The molecule has 0 aliphatic rings. The van der Waals surface area contributed by atoms with Crippen LogP contribution in [0, 0.1) is 6.92 Å². The van der Waals surface area contributed by atoms with Gasteiger partial charge in [-0.25, -0.2) is 0 Å². The van der Waals surface area contributed by atoms with Crippen molar-refractivity contribution in [1.82, 2.24) is 0 Å². The summed E-state index contributed by atoms with van der Waals surface area (Å²) < 4.78 is 0. The second kappa shape index (κ2) is 6.53. The van der Waals surface area contributed by atoms with Gasteiger partial charge in [-0.2, -0.15) is 0 Å². The first kappa shape index (κ1) is 15.1. The van der Waals surface area contributed by atoms with Crippen LogP contribution in [0.4, 0.5) is 5.69 Å². The molecule has 0 atom stereocenters. The zero-order chi connectivity index (χ0) is 16.2. The van der Waals surface area contributed by atoms with Gasteiger partial charge in [0.2, 0.25) is 5.91 Å². The van der Waals surface area contributed by atoms with E-state index in [0.717, 1.165) is 22.0 Å². The van der Waals surface area contributed by atoms with Gasteiger partial charge in [0.1, 0.15) is 5.75 Å². The van der Waals surface area contributed by atoms with Crippen LogP contribution in [0.1, 0.15) is 17.5 Å². The number of nitrogens with one attached hydrogen (secondary N) is 1. The average molecular weight is 305 g/mol. The van der Waals surface area contributed by atoms with Gasteiger partial charge in [0, 0.05) is 22.9 Å². The monoisotopic (exact) mass is 305 g/mol.